The molecule has 0 fully saturated rings. The molecule has 1 N–H and O–H groups in total. The van der Waals surface area contributed by atoms with Crippen LogP contribution in [0.25, 0.3) is 21.5 Å². The second-order valence-corrected chi connectivity index (χ2v) is 7.56. The Morgan fingerprint density at radius 2 is 1.31 bits per heavy atom. The van der Waals surface area contributed by atoms with Crippen molar-refractivity contribution >= 4 is 51.0 Å². The van der Waals surface area contributed by atoms with Crippen LogP contribution in [0.3, 0.4) is 0 Å². The minimum atomic E-state index is -0.712. The normalized spacial score (nSPS) is 10.6. The Balaban J connectivity index is 1.58. The number of carbonyl (C=O) groups excluding carboxylic acids is 4. The third kappa shape index (κ3) is 4.81. The molecule has 4 rings (SSSR count). The standard InChI is InChI=1S/C27H21NO7/c1-33-25(30)18-11-12-21(26(31)34-2)22(14-18)28-23(29)15-35-27(32)24-19-9-5-3-7-16(19)13-17-8-4-6-10-20(17)24/h3-14H,15H2,1-2H3,(H,28,29). The lowest BCUT2D eigenvalue weighted by atomic mass is 9.97. The van der Waals surface area contributed by atoms with Crippen molar-refractivity contribution in [1.82, 2.24) is 0 Å². The highest BCUT2D eigenvalue weighted by molar-refractivity contribution is 6.17. The molecule has 0 aliphatic carbocycles. The van der Waals surface area contributed by atoms with Crippen LogP contribution in [0, 0.1) is 0 Å². The Labute approximate surface area is 200 Å². The van der Waals surface area contributed by atoms with Crippen molar-refractivity contribution in [2.24, 2.45) is 0 Å². The third-order valence-corrected chi connectivity index (χ3v) is 5.43. The van der Waals surface area contributed by atoms with E-state index in [1.165, 1.54) is 32.4 Å². The number of esters is 3. The second kappa shape index (κ2) is 10.0. The van der Waals surface area contributed by atoms with Crippen LogP contribution in [0.15, 0.2) is 72.8 Å². The van der Waals surface area contributed by atoms with Crippen LogP contribution in [-0.2, 0) is 19.0 Å². The molecule has 4 aromatic rings. The van der Waals surface area contributed by atoms with E-state index in [1.54, 1.807) is 0 Å². The van der Waals surface area contributed by atoms with E-state index in [-0.39, 0.29) is 16.8 Å². The Morgan fingerprint density at radius 1 is 0.714 bits per heavy atom. The molecule has 0 spiro atoms. The first kappa shape index (κ1) is 23.4. The lowest BCUT2D eigenvalue weighted by molar-refractivity contribution is -0.119. The maximum absolute atomic E-state index is 13.1. The zero-order valence-electron chi connectivity index (χ0n) is 19.0. The lowest BCUT2D eigenvalue weighted by Crippen LogP contribution is -2.23. The fourth-order valence-corrected chi connectivity index (χ4v) is 3.80. The summed E-state index contributed by atoms with van der Waals surface area (Å²) in [7, 11) is 2.41. The highest BCUT2D eigenvalue weighted by Gasteiger charge is 2.20. The van der Waals surface area contributed by atoms with Gasteiger partial charge in [0.15, 0.2) is 6.61 Å². The fraction of sp³-hybridized carbons (Fsp3) is 0.111. The summed E-state index contributed by atoms with van der Waals surface area (Å²) in [6, 6.07) is 20.8. The first-order chi connectivity index (χ1) is 16.9. The van der Waals surface area contributed by atoms with E-state index >= 15 is 0 Å². The van der Waals surface area contributed by atoms with Crippen LogP contribution >= 0.6 is 0 Å². The zero-order chi connectivity index (χ0) is 24.9. The molecule has 4 aromatic carbocycles. The largest absolute Gasteiger partial charge is 0.465 e. The molecule has 0 atom stereocenters. The van der Waals surface area contributed by atoms with Crippen LogP contribution in [0.4, 0.5) is 5.69 Å². The van der Waals surface area contributed by atoms with Gasteiger partial charge in [-0.1, -0.05) is 48.5 Å². The monoisotopic (exact) mass is 471 g/mol. The van der Waals surface area contributed by atoms with Crippen molar-refractivity contribution in [2.45, 2.75) is 0 Å². The lowest BCUT2D eigenvalue weighted by Gasteiger charge is -2.13. The molecule has 0 saturated heterocycles. The third-order valence-electron chi connectivity index (χ3n) is 5.43. The number of hydrogen-bond acceptors (Lipinski definition) is 7. The van der Waals surface area contributed by atoms with Gasteiger partial charge in [-0.15, -0.1) is 0 Å². The van der Waals surface area contributed by atoms with Gasteiger partial charge in [-0.2, -0.15) is 0 Å². The molecule has 0 radical (unpaired) electrons. The smallest absolute Gasteiger partial charge is 0.339 e. The molecule has 0 heterocycles. The van der Waals surface area contributed by atoms with Crippen molar-refractivity contribution in [2.75, 3.05) is 26.1 Å². The maximum atomic E-state index is 13.1. The Bertz CT molecular complexity index is 1420. The molecule has 0 saturated carbocycles. The summed E-state index contributed by atoms with van der Waals surface area (Å²) in [5.74, 6) is -2.72. The number of anilines is 1. The average Bonchev–Trinajstić information content (AvgIpc) is 2.89. The molecule has 0 aliphatic heterocycles. The summed E-state index contributed by atoms with van der Waals surface area (Å²) in [4.78, 5) is 49.7. The van der Waals surface area contributed by atoms with Gasteiger partial charge in [-0.3, -0.25) is 4.79 Å². The van der Waals surface area contributed by atoms with E-state index < -0.39 is 30.4 Å². The van der Waals surface area contributed by atoms with Gasteiger partial charge in [0.1, 0.15) is 0 Å². The van der Waals surface area contributed by atoms with Gasteiger partial charge < -0.3 is 19.5 Å². The predicted molar refractivity (Wildman–Crippen MR) is 129 cm³/mol. The first-order valence-corrected chi connectivity index (χ1v) is 10.6. The molecular weight excluding hydrogens is 450 g/mol. The van der Waals surface area contributed by atoms with Gasteiger partial charge in [0.2, 0.25) is 0 Å². The van der Waals surface area contributed by atoms with E-state index in [1.807, 2.05) is 54.6 Å². The van der Waals surface area contributed by atoms with Gasteiger partial charge in [0.25, 0.3) is 5.91 Å². The first-order valence-electron chi connectivity index (χ1n) is 10.6. The second-order valence-electron chi connectivity index (χ2n) is 7.56. The van der Waals surface area contributed by atoms with Gasteiger partial charge in [-0.25, -0.2) is 14.4 Å². The van der Waals surface area contributed by atoms with E-state index in [9.17, 15) is 19.2 Å². The molecule has 8 nitrogen and oxygen atoms in total. The van der Waals surface area contributed by atoms with E-state index in [4.69, 9.17) is 9.47 Å². The SMILES string of the molecule is COC(=O)c1ccc(C(=O)OC)c(NC(=O)COC(=O)c2c3ccccc3cc3ccccc23)c1. The summed E-state index contributed by atoms with van der Waals surface area (Å²) in [5, 5.41) is 5.64. The predicted octanol–water partition coefficient (Wildman–Crippen LogP) is 4.36. The summed E-state index contributed by atoms with van der Waals surface area (Å²) >= 11 is 0. The average molecular weight is 471 g/mol. The molecule has 0 aromatic heterocycles. The number of rotatable bonds is 6. The van der Waals surface area contributed by atoms with Crippen molar-refractivity contribution in [1.29, 1.82) is 0 Å². The number of benzene rings is 4. The summed E-state index contributed by atoms with van der Waals surface area (Å²) in [6.07, 6.45) is 0. The van der Waals surface area contributed by atoms with Gasteiger partial charge >= 0.3 is 17.9 Å². The van der Waals surface area contributed by atoms with Gasteiger partial charge in [0, 0.05) is 0 Å². The van der Waals surface area contributed by atoms with Crippen LogP contribution < -0.4 is 5.32 Å². The Kier molecular flexibility index (Phi) is 6.73. The maximum Gasteiger partial charge on any atom is 0.339 e. The fourth-order valence-electron chi connectivity index (χ4n) is 3.80. The topological polar surface area (TPSA) is 108 Å². The number of fused-ring (bicyclic) bond motifs is 2. The summed E-state index contributed by atoms with van der Waals surface area (Å²) < 4.78 is 14.8. The Morgan fingerprint density at radius 3 is 1.91 bits per heavy atom. The molecule has 1 amide bonds. The quantitative estimate of drug-likeness (QED) is 0.253. The van der Waals surface area contributed by atoms with Crippen molar-refractivity contribution < 1.29 is 33.4 Å². The molecule has 0 unspecified atom stereocenters. The van der Waals surface area contributed by atoms with Crippen LogP contribution in [0.1, 0.15) is 31.1 Å². The van der Waals surface area contributed by atoms with E-state index in [0.29, 0.717) is 16.3 Å². The van der Waals surface area contributed by atoms with Crippen molar-refractivity contribution in [3.63, 3.8) is 0 Å². The summed E-state index contributed by atoms with van der Waals surface area (Å²) in [5.41, 5.74) is 0.528. The van der Waals surface area contributed by atoms with Crippen LogP contribution in [-0.4, -0.2) is 44.6 Å². The zero-order valence-corrected chi connectivity index (χ0v) is 19.0. The molecule has 0 bridgehead atoms. The number of ether oxygens (including phenoxy) is 3. The van der Waals surface area contributed by atoms with Crippen LogP contribution in [0.2, 0.25) is 0 Å². The van der Waals surface area contributed by atoms with Crippen LogP contribution in [0.5, 0.6) is 0 Å². The van der Waals surface area contributed by atoms with Gasteiger partial charge in [-0.05, 0) is 45.8 Å². The molecule has 176 valence electrons. The number of carbonyl (C=O) groups is 4. The molecule has 8 heteroatoms. The number of methoxy groups -OCH3 is 2. The molecular formula is C27H21NO7. The number of amides is 1. The number of nitrogens with one attached hydrogen (secondary N) is 1. The molecule has 35 heavy (non-hydrogen) atoms. The van der Waals surface area contributed by atoms with Gasteiger partial charge in [0.05, 0.1) is 36.6 Å². The minimum absolute atomic E-state index is 0.0245. The molecule has 0 aliphatic rings. The van der Waals surface area contributed by atoms with Crippen molar-refractivity contribution in [3.8, 4) is 0 Å². The van der Waals surface area contributed by atoms with Crippen molar-refractivity contribution in [3.05, 3.63) is 89.5 Å². The Hall–Kier alpha value is -4.72. The number of hydrogen-bond donors (Lipinski definition) is 1. The van der Waals surface area contributed by atoms with E-state index in [2.05, 4.69) is 10.1 Å². The summed E-state index contributed by atoms with van der Waals surface area (Å²) in [6.45, 7) is -0.612. The van der Waals surface area contributed by atoms with E-state index in [0.717, 1.165) is 10.8 Å². The highest BCUT2D eigenvalue weighted by atomic mass is 16.5. The minimum Gasteiger partial charge on any atom is -0.465 e. The highest BCUT2D eigenvalue weighted by Crippen LogP contribution is 2.29.